The lowest BCUT2D eigenvalue weighted by Crippen LogP contribution is -2.35. The third-order valence-corrected chi connectivity index (χ3v) is 4.71. The van der Waals surface area contributed by atoms with Gasteiger partial charge >= 0.3 is 0 Å². The first-order valence-corrected chi connectivity index (χ1v) is 7.59. The third kappa shape index (κ3) is 2.56. The van der Waals surface area contributed by atoms with Gasteiger partial charge in [0.15, 0.2) is 0 Å². The van der Waals surface area contributed by atoms with E-state index < -0.39 is 0 Å². The van der Waals surface area contributed by atoms with Crippen LogP contribution in [0.2, 0.25) is 0 Å². The molecule has 1 unspecified atom stereocenters. The highest BCUT2D eigenvalue weighted by Crippen LogP contribution is 2.37. The topological polar surface area (TPSA) is 50.9 Å². The van der Waals surface area contributed by atoms with Gasteiger partial charge < -0.3 is 0 Å². The zero-order valence-corrected chi connectivity index (χ0v) is 12.0. The molecule has 0 radical (unpaired) electrons. The Bertz CT molecular complexity index is 568. The van der Waals surface area contributed by atoms with E-state index in [0.29, 0.717) is 5.92 Å². The van der Waals surface area contributed by atoms with Crippen LogP contribution in [0.5, 0.6) is 0 Å². The van der Waals surface area contributed by atoms with E-state index in [1.165, 1.54) is 36.5 Å². The van der Waals surface area contributed by atoms with Crippen molar-refractivity contribution in [1.29, 1.82) is 0 Å². The number of nitrogens with two attached hydrogens (primary N) is 1. The molecule has 1 atom stereocenters. The Balaban J connectivity index is 1.95. The minimum Gasteiger partial charge on any atom is -0.271 e. The average molecular weight is 269 g/mol. The molecule has 0 saturated heterocycles. The minimum absolute atomic E-state index is 0.161. The molecule has 3 nitrogen and oxygen atoms in total. The molecule has 106 valence electrons. The second-order valence-corrected chi connectivity index (χ2v) is 6.08. The molecular weight excluding hydrogens is 246 g/mol. The Labute approximate surface area is 120 Å². The van der Waals surface area contributed by atoms with Crippen LogP contribution in [0.3, 0.4) is 0 Å². The molecule has 3 heteroatoms. The van der Waals surface area contributed by atoms with E-state index in [4.69, 9.17) is 5.84 Å². The van der Waals surface area contributed by atoms with E-state index >= 15 is 0 Å². The molecule has 0 spiro atoms. The molecule has 20 heavy (non-hydrogen) atoms. The molecule has 1 aliphatic carbocycles. The van der Waals surface area contributed by atoms with E-state index in [1.807, 2.05) is 6.20 Å². The highest BCUT2D eigenvalue weighted by Gasteiger charge is 2.28. The molecule has 3 N–H and O–H groups in total. The van der Waals surface area contributed by atoms with Crippen molar-refractivity contribution in [3.8, 4) is 0 Å². The van der Waals surface area contributed by atoms with Gasteiger partial charge in [-0.05, 0) is 36.1 Å². The van der Waals surface area contributed by atoms with Gasteiger partial charge in [-0.1, -0.05) is 44.0 Å². The highest BCUT2D eigenvalue weighted by molar-refractivity contribution is 5.84. The molecule has 1 aliphatic rings. The van der Waals surface area contributed by atoms with Gasteiger partial charge in [-0.2, -0.15) is 0 Å². The van der Waals surface area contributed by atoms with Crippen LogP contribution in [0.15, 0.2) is 36.5 Å². The molecule has 1 fully saturated rings. The van der Waals surface area contributed by atoms with Crippen molar-refractivity contribution in [3.05, 3.63) is 42.2 Å². The summed E-state index contributed by atoms with van der Waals surface area (Å²) in [4.78, 5) is 4.63. The van der Waals surface area contributed by atoms with Crippen LogP contribution in [0.4, 0.5) is 0 Å². The molecule has 0 aliphatic heterocycles. The first-order valence-electron chi connectivity index (χ1n) is 7.59. The predicted octanol–water partition coefficient (Wildman–Crippen LogP) is 3.57. The summed E-state index contributed by atoms with van der Waals surface area (Å²) in [5.41, 5.74) is 4.13. The molecule has 1 aromatic heterocycles. The molecule has 1 heterocycles. The molecule has 2 aromatic rings. The van der Waals surface area contributed by atoms with Crippen LogP contribution >= 0.6 is 0 Å². The third-order valence-electron chi connectivity index (χ3n) is 4.71. The first kappa shape index (κ1) is 13.5. The number of aromatic nitrogens is 1. The molecule has 1 saturated carbocycles. The van der Waals surface area contributed by atoms with Crippen LogP contribution in [0, 0.1) is 11.8 Å². The smallest absolute Gasteiger partial charge is 0.0667 e. The lowest BCUT2D eigenvalue weighted by Gasteiger charge is -2.32. The van der Waals surface area contributed by atoms with Crippen LogP contribution < -0.4 is 11.3 Å². The van der Waals surface area contributed by atoms with Crippen LogP contribution in [0.1, 0.15) is 44.3 Å². The molecule has 1 aromatic carbocycles. The number of benzene rings is 1. The average Bonchev–Trinajstić information content (AvgIpc) is 2.50. The predicted molar refractivity (Wildman–Crippen MR) is 82.9 cm³/mol. The Morgan fingerprint density at radius 1 is 1.15 bits per heavy atom. The number of pyridine rings is 1. The lowest BCUT2D eigenvalue weighted by atomic mass is 9.78. The van der Waals surface area contributed by atoms with Gasteiger partial charge in [-0.25, -0.2) is 0 Å². The number of rotatable bonds is 3. The van der Waals surface area contributed by atoms with Gasteiger partial charge in [0.2, 0.25) is 0 Å². The van der Waals surface area contributed by atoms with Crippen LogP contribution in [-0.4, -0.2) is 4.98 Å². The van der Waals surface area contributed by atoms with Gasteiger partial charge in [0.05, 0.1) is 11.7 Å². The fraction of sp³-hybridized carbons (Fsp3) is 0.471. The van der Waals surface area contributed by atoms with Crippen molar-refractivity contribution in [3.63, 3.8) is 0 Å². The standard InChI is InChI=1S/C17H23N3/c1-12-6-8-14(9-7-12)16(20-18)17-15-5-3-2-4-13(15)10-11-19-17/h2-5,10-12,14,16,20H,6-9,18H2,1H3. The number of hydrazine groups is 1. The maximum Gasteiger partial charge on any atom is 0.0667 e. The van der Waals surface area contributed by atoms with Gasteiger partial charge in [0.1, 0.15) is 0 Å². The fourth-order valence-corrected chi connectivity index (χ4v) is 3.45. The van der Waals surface area contributed by atoms with Crippen molar-refractivity contribution in [2.75, 3.05) is 0 Å². The van der Waals surface area contributed by atoms with Gasteiger partial charge in [-0.15, -0.1) is 0 Å². The lowest BCUT2D eigenvalue weighted by molar-refractivity contribution is 0.230. The van der Waals surface area contributed by atoms with E-state index in [0.717, 1.165) is 11.6 Å². The molecule has 3 rings (SSSR count). The minimum atomic E-state index is 0.161. The number of nitrogens with one attached hydrogen (secondary N) is 1. The second kappa shape index (κ2) is 5.90. The normalized spacial score (nSPS) is 24.7. The summed E-state index contributed by atoms with van der Waals surface area (Å²) >= 11 is 0. The Kier molecular flexibility index (Phi) is 3.99. The highest BCUT2D eigenvalue weighted by atomic mass is 15.2. The maximum atomic E-state index is 5.87. The maximum absolute atomic E-state index is 5.87. The van der Waals surface area contributed by atoms with Crippen molar-refractivity contribution >= 4 is 10.8 Å². The van der Waals surface area contributed by atoms with E-state index in [9.17, 15) is 0 Å². The molecule has 0 amide bonds. The summed E-state index contributed by atoms with van der Waals surface area (Å²) in [5, 5.41) is 2.46. The zero-order chi connectivity index (χ0) is 13.9. The van der Waals surface area contributed by atoms with Crippen molar-refractivity contribution < 1.29 is 0 Å². The first-order chi connectivity index (χ1) is 9.79. The van der Waals surface area contributed by atoms with Crippen LogP contribution in [0.25, 0.3) is 10.8 Å². The molecular formula is C17H23N3. The Morgan fingerprint density at radius 3 is 2.65 bits per heavy atom. The van der Waals surface area contributed by atoms with Gasteiger partial charge in [0, 0.05) is 11.6 Å². The van der Waals surface area contributed by atoms with Crippen LogP contribution in [-0.2, 0) is 0 Å². The van der Waals surface area contributed by atoms with E-state index in [1.54, 1.807) is 0 Å². The number of fused-ring (bicyclic) bond motifs is 1. The zero-order valence-electron chi connectivity index (χ0n) is 12.0. The van der Waals surface area contributed by atoms with Gasteiger partial charge in [0.25, 0.3) is 0 Å². The Hall–Kier alpha value is -1.45. The SMILES string of the molecule is CC1CCC(C(NN)c2nccc3ccccc23)CC1. The second-order valence-electron chi connectivity index (χ2n) is 6.08. The summed E-state index contributed by atoms with van der Waals surface area (Å²) in [6.07, 6.45) is 6.97. The number of nitrogens with zero attached hydrogens (tertiary/aromatic N) is 1. The van der Waals surface area contributed by atoms with Crippen molar-refractivity contribution in [2.24, 2.45) is 17.7 Å². The van der Waals surface area contributed by atoms with E-state index in [-0.39, 0.29) is 6.04 Å². The van der Waals surface area contributed by atoms with Crippen molar-refractivity contribution in [2.45, 2.75) is 38.6 Å². The quantitative estimate of drug-likeness (QED) is 0.661. The summed E-state index contributed by atoms with van der Waals surface area (Å²) in [6, 6.07) is 10.6. The van der Waals surface area contributed by atoms with Gasteiger partial charge in [-0.3, -0.25) is 16.3 Å². The number of hydrogen-bond acceptors (Lipinski definition) is 3. The fourth-order valence-electron chi connectivity index (χ4n) is 3.45. The van der Waals surface area contributed by atoms with Crippen molar-refractivity contribution in [1.82, 2.24) is 10.4 Å². The summed E-state index contributed by atoms with van der Waals surface area (Å²) in [5.74, 6) is 7.32. The number of hydrogen-bond donors (Lipinski definition) is 2. The summed E-state index contributed by atoms with van der Waals surface area (Å²) in [6.45, 7) is 2.34. The summed E-state index contributed by atoms with van der Waals surface area (Å²) < 4.78 is 0. The summed E-state index contributed by atoms with van der Waals surface area (Å²) in [7, 11) is 0. The monoisotopic (exact) mass is 269 g/mol. The Morgan fingerprint density at radius 2 is 1.90 bits per heavy atom. The van der Waals surface area contributed by atoms with E-state index in [2.05, 4.69) is 47.7 Å². The largest absolute Gasteiger partial charge is 0.271 e. The molecule has 0 bridgehead atoms.